The van der Waals surface area contributed by atoms with Gasteiger partial charge in [-0.1, -0.05) is 163 Å². The van der Waals surface area contributed by atoms with Crippen molar-refractivity contribution in [3.8, 4) is 0 Å². The monoisotopic (exact) mass is 945 g/mol. The number of carbonyl (C=O) groups excluding carboxylic acids is 5. The first-order valence-corrected chi connectivity index (χ1v) is 26.4. The van der Waals surface area contributed by atoms with E-state index in [0.717, 1.165) is 44.9 Å². The molecule has 2 aromatic rings. The van der Waals surface area contributed by atoms with Gasteiger partial charge in [0.25, 0.3) is 0 Å². The molecule has 67 heavy (non-hydrogen) atoms. The minimum absolute atomic E-state index is 0.0469. The molecule has 0 bridgehead atoms. The topological polar surface area (TPSA) is 184 Å². The number of nitrogens with zero attached hydrogens (tertiary/aromatic N) is 2. The van der Waals surface area contributed by atoms with Gasteiger partial charge in [-0.25, -0.2) is 9.97 Å². The van der Waals surface area contributed by atoms with Crippen molar-refractivity contribution in [1.82, 2.24) is 9.97 Å². The Labute approximate surface area is 402 Å². The second-order valence-electron chi connectivity index (χ2n) is 18.1. The van der Waals surface area contributed by atoms with Crippen molar-refractivity contribution >= 4 is 29.8 Å². The quantitative estimate of drug-likeness (QED) is 0.0348. The Kier molecular flexibility index (Phi) is 33.2. The Morgan fingerprint density at radius 3 is 1.39 bits per heavy atom. The highest BCUT2D eigenvalue weighted by Gasteiger charge is 2.40. The second kappa shape index (κ2) is 37.7. The zero-order valence-electron chi connectivity index (χ0n) is 42.3. The Hall–Kier alpha value is -4.23. The summed E-state index contributed by atoms with van der Waals surface area (Å²) in [5.41, 5.74) is 0.131. The number of rotatable bonds is 42. The fourth-order valence-corrected chi connectivity index (χ4v) is 7.78. The summed E-state index contributed by atoms with van der Waals surface area (Å²) in [6.45, 7) is 11.6. The van der Waals surface area contributed by atoms with Crippen molar-refractivity contribution in [2.45, 2.75) is 271 Å². The van der Waals surface area contributed by atoms with Crippen molar-refractivity contribution in [3.63, 3.8) is 0 Å². The highest BCUT2D eigenvalue weighted by Crippen LogP contribution is 2.33. The summed E-state index contributed by atoms with van der Waals surface area (Å²) in [7, 11) is 0. The lowest BCUT2D eigenvalue weighted by Crippen LogP contribution is -2.45. The minimum atomic E-state index is -1.25. The molecule has 0 aromatic carbocycles. The average Bonchev–Trinajstić information content (AvgIpc) is 4.04. The van der Waals surface area contributed by atoms with Crippen molar-refractivity contribution in [2.24, 2.45) is 0 Å². The van der Waals surface area contributed by atoms with Crippen LogP contribution in [-0.4, -0.2) is 58.1 Å². The van der Waals surface area contributed by atoms with Gasteiger partial charge in [0.15, 0.2) is 24.4 Å². The zero-order valence-corrected chi connectivity index (χ0v) is 42.3. The van der Waals surface area contributed by atoms with E-state index < -0.39 is 60.4 Å². The van der Waals surface area contributed by atoms with Crippen molar-refractivity contribution in [1.29, 1.82) is 0 Å². The Bertz CT molecular complexity index is 1590. The molecule has 0 saturated heterocycles. The molecule has 0 aliphatic rings. The summed E-state index contributed by atoms with van der Waals surface area (Å²) in [5.74, 6) is -2.45. The third-order valence-electron chi connectivity index (χ3n) is 11.9. The molecule has 0 radical (unpaired) electrons. The smallest absolute Gasteiger partial charge is 0.307 e. The number of oxazole rings is 2. The molecule has 382 valence electrons. The highest BCUT2D eigenvalue weighted by molar-refractivity contribution is 5.72. The largest absolute Gasteiger partial charge is 0.459 e. The Balaban J connectivity index is 2.19. The van der Waals surface area contributed by atoms with Gasteiger partial charge in [0.05, 0.1) is 6.20 Å². The maximum Gasteiger partial charge on any atom is 0.307 e. The molecule has 14 nitrogen and oxygen atoms in total. The summed E-state index contributed by atoms with van der Waals surface area (Å²) in [4.78, 5) is 74.7. The molecule has 0 fully saturated rings. The van der Waals surface area contributed by atoms with Gasteiger partial charge in [0.2, 0.25) is 12.0 Å². The number of esters is 5. The molecular formula is C53H88N2O12. The van der Waals surface area contributed by atoms with E-state index in [4.69, 9.17) is 32.5 Å². The molecule has 0 saturated carbocycles. The molecule has 0 aliphatic heterocycles. The normalized spacial score (nSPS) is 13.6. The first kappa shape index (κ1) is 58.9. The molecule has 5 atom stereocenters. The number of hydrogen-bond acceptors (Lipinski definition) is 14. The molecule has 0 spiro atoms. The molecular weight excluding hydrogens is 857 g/mol. The lowest BCUT2D eigenvalue weighted by atomic mass is 10.00. The number of unbranched alkanes of at least 4 members (excludes halogenated alkanes) is 20. The van der Waals surface area contributed by atoms with Gasteiger partial charge in [0, 0.05) is 38.5 Å². The van der Waals surface area contributed by atoms with Crippen LogP contribution in [0.4, 0.5) is 0 Å². The standard InChI is InChI=1S/C53H88N2O12/c1-7-12-17-18-19-20-21-22-23-24-25-26-27-28-29-30-31-36-50(60)67-52(45-38-54-40-62-45)53-55-42(39-61-53)43(64-47(57)33-14-9-3)37-44(65-48(58)34-15-10-4)51(66-49(59)35-16-11-5)41(6)63-46(56)32-13-8-2/h38-41,43-44,51-52H,7-37H2,1-6H3. The predicted molar refractivity (Wildman–Crippen MR) is 257 cm³/mol. The van der Waals surface area contributed by atoms with Crippen LogP contribution in [-0.2, 0) is 47.7 Å². The fraction of sp³-hybridized carbons (Fsp3) is 0.792. The number of hydrogen-bond donors (Lipinski definition) is 0. The van der Waals surface area contributed by atoms with E-state index in [9.17, 15) is 24.0 Å². The van der Waals surface area contributed by atoms with Crippen LogP contribution in [0.5, 0.6) is 0 Å². The lowest BCUT2D eigenvalue weighted by molar-refractivity contribution is -0.188. The third kappa shape index (κ3) is 26.8. The van der Waals surface area contributed by atoms with E-state index in [-0.39, 0.29) is 55.9 Å². The second-order valence-corrected chi connectivity index (χ2v) is 18.1. The van der Waals surface area contributed by atoms with Crippen molar-refractivity contribution in [2.75, 3.05) is 0 Å². The van der Waals surface area contributed by atoms with E-state index in [2.05, 4.69) is 16.9 Å². The van der Waals surface area contributed by atoms with Crippen LogP contribution in [0.3, 0.4) is 0 Å². The molecule has 0 N–H and O–H groups in total. The lowest BCUT2D eigenvalue weighted by Gasteiger charge is -2.32. The number of carbonyl (C=O) groups is 5. The van der Waals surface area contributed by atoms with Gasteiger partial charge < -0.3 is 32.5 Å². The van der Waals surface area contributed by atoms with Crippen LogP contribution >= 0.6 is 0 Å². The SMILES string of the molecule is CCCCCCCCCCCCCCCCCCCC(=O)OC(c1cnco1)c1nc(C(CC(OC(=O)CCCC)C(OC(=O)CCCC)C(C)OC(=O)CCCC)OC(=O)CCCC)co1. The van der Waals surface area contributed by atoms with Crippen LogP contribution < -0.4 is 0 Å². The average molecular weight is 945 g/mol. The number of ether oxygens (including phenoxy) is 5. The van der Waals surface area contributed by atoms with E-state index in [1.54, 1.807) is 6.92 Å². The van der Waals surface area contributed by atoms with Crippen LogP contribution in [0.2, 0.25) is 0 Å². The van der Waals surface area contributed by atoms with E-state index in [1.807, 2.05) is 27.7 Å². The van der Waals surface area contributed by atoms with Gasteiger partial charge >= 0.3 is 29.8 Å². The summed E-state index contributed by atoms with van der Waals surface area (Å²) in [6, 6.07) is 0. The maximum atomic E-state index is 13.3. The third-order valence-corrected chi connectivity index (χ3v) is 11.9. The van der Waals surface area contributed by atoms with E-state index in [0.29, 0.717) is 32.1 Å². The molecule has 0 aliphatic carbocycles. The summed E-state index contributed by atoms with van der Waals surface area (Å²) in [5, 5.41) is 0. The van der Waals surface area contributed by atoms with Crippen LogP contribution in [0.15, 0.2) is 27.7 Å². The predicted octanol–water partition coefficient (Wildman–Crippen LogP) is 13.8. The summed E-state index contributed by atoms with van der Waals surface area (Å²) in [6.07, 6.45) is 24.8. The molecule has 2 rings (SSSR count). The maximum absolute atomic E-state index is 13.3. The van der Waals surface area contributed by atoms with E-state index >= 15 is 0 Å². The zero-order chi connectivity index (χ0) is 48.9. The van der Waals surface area contributed by atoms with E-state index in [1.165, 1.54) is 102 Å². The number of aromatic nitrogens is 2. The summed E-state index contributed by atoms with van der Waals surface area (Å²) < 4.78 is 41.2. The first-order valence-electron chi connectivity index (χ1n) is 26.4. The molecule has 2 heterocycles. The first-order chi connectivity index (χ1) is 32.6. The van der Waals surface area contributed by atoms with Gasteiger partial charge in [-0.15, -0.1) is 0 Å². The van der Waals surface area contributed by atoms with Crippen molar-refractivity contribution < 1.29 is 56.5 Å². The van der Waals surface area contributed by atoms with Gasteiger partial charge in [-0.05, 0) is 39.0 Å². The minimum Gasteiger partial charge on any atom is -0.459 e. The Morgan fingerprint density at radius 1 is 0.493 bits per heavy atom. The van der Waals surface area contributed by atoms with Crippen LogP contribution in [0.25, 0.3) is 0 Å². The molecule has 2 aromatic heterocycles. The van der Waals surface area contributed by atoms with Crippen LogP contribution in [0, 0.1) is 0 Å². The molecule has 5 unspecified atom stereocenters. The summed E-state index contributed by atoms with van der Waals surface area (Å²) >= 11 is 0. The van der Waals surface area contributed by atoms with Crippen molar-refractivity contribution in [3.05, 3.63) is 36.2 Å². The van der Waals surface area contributed by atoms with Gasteiger partial charge in [-0.2, -0.15) is 0 Å². The van der Waals surface area contributed by atoms with Gasteiger partial charge in [0.1, 0.15) is 24.2 Å². The highest BCUT2D eigenvalue weighted by atomic mass is 16.6. The fourth-order valence-electron chi connectivity index (χ4n) is 7.78. The molecule has 0 amide bonds. The Morgan fingerprint density at radius 2 is 0.910 bits per heavy atom. The van der Waals surface area contributed by atoms with Crippen LogP contribution in [0.1, 0.15) is 270 Å². The van der Waals surface area contributed by atoms with Gasteiger partial charge in [-0.3, -0.25) is 24.0 Å². The molecule has 14 heteroatoms.